The quantitative estimate of drug-likeness (QED) is 0.733. The Labute approximate surface area is 121 Å². The molecule has 2 rings (SSSR count). The predicted octanol–water partition coefficient (Wildman–Crippen LogP) is 2.08. The molecule has 114 valence electrons. The lowest BCUT2D eigenvalue weighted by atomic mass is 10.3. The number of hydrogen-bond donors (Lipinski definition) is 2. The standard InChI is InChI=1S/C14H25N3O2S/c1-3-5-8-17(4-2)20(18,19)14-9-13(16-11-14)10-15-12-6-7-12/h9,11-12,15-16H,3-8,10H2,1-2H3. The van der Waals surface area contributed by atoms with Gasteiger partial charge in [-0.2, -0.15) is 4.31 Å². The van der Waals surface area contributed by atoms with E-state index in [1.54, 1.807) is 16.6 Å². The molecule has 0 amide bonds. The van der Waals surface area contributed by atoms with Gasteiger partial charge >= 0.3 is 0 Å². The Morgan fingerprint density at radius 2 is 2.15 bits per heavy atom. The van der Waals surface area contributed by atoms with Gasteiger partial charge in [0.25, 0.3) is 0 Å². The van der Waals surface area contributed by atoms with Gasteiger partial charge in [-0.15, -0.1) is 0 Å². The summed E-state index contributed by atoms with van der Waals surface area (Å²) >= 11 is 0. The van der Waals surface area contributed by atoms with E-state index in [4.69, 9.17) is 0 Å². The SMILES string of the molecule is CCCCN(CC)S(=O)(=O)c1c[nH]c(CNC2CC2)c1. The Balaban J connectivity index is 2.03. The van der Waals surface area contributed by atoms with Crippen LogP contribution in [0.5, 0.6) is 0 Å². The molecule has 5 nitrogen and oxygen atoms in total. The molecular weight excluding hydrogens is 274 g/mol. The normalized spacial score (nSPS) is 15.9. The van der Waals surface area contributed by atoms with Gasteiger partial charge in [0.15, 0.2) is 0 Å². The topological polar surface area (TPSA) is 65.2 Å². The van der Waals surface area contributed by atoms with Gasteiger partial charge in [0, 0.05) is 37.6 Å². The number of H-pyrrole nitrogens is 1. The van der Waals surface area contributed by atoms with Crippen molar-refractivity contribution in [2.75, 3.05) is 13.1 Å². The summed E-state index contributed by atoms with van der Waals surface area (Å²) in [4.78, 5) is 3.44. The van der Waals surface area contributed by atoms with Crippen molar-refractivity contribution in [1.82, 2.24) is 14.6 Å². The van der Waals surface area contributed by atoms with Crippen LogP contribution in [-0.2, 0) is 16.6 Å². The van der Waals surface area contributed by atoms with Gasteiger partial charge in [-0.25, -0.2) is 8.42 Å². The molecule has 6 heteroatoms. The zero-order valence-electron chi connectivity index (χ0n) is 12.4. The zero-order chi connectivity index (χ0) is 14.6. The second kappa shape index (κ2) is 6.74. The number of unbranched alkanes of at least 4 members (excludes halogenated alkanes) is 1. The minimum Gasteiger partial charge on any atom is -0.363 e. The van der Waals surface area contributed by atoms with E-state index in [1.165, 1.54) is 12.8 Å². The van der Waals surface area contributed by atoms with Crippen LogP contribution in [0.2, 0.25) is 0 Å². The molecule has 0 bridgehead atoms. The van der Waals surface area contributed by atoms with Gasteiger partial charge in [0.1, 0.15) is 0 Å². The summed E-state index contributed by atoms with van der Waals surface area (Å²) in [5.41, 5.74) is 0.932. The van der Waals surface area contributed by atoms with Gasteiger partial charge in [-0.1, -0.05) is 20.3 Å². The van der Waals surface area contributed by atoms with E-state index in [2.05, 4.69) is 17.2 Å². The molecule has 0 spiro atoms. The highest BCUT2D eigenvalue weighted by Crippen LogP contribution is 2.21. The lowest BCUT2D eigenvalue weighted by Gasteiger charge is -2.19. The summed E-state index contributed by atoms with van der Waals surface area (Å²) < 4.78 is 26.6. The molecule has 1 aliphatic carbocycles. The number of sulfonamides is 1. The van der Waals surface area contributed by atoms with E-state index >= 15 is 0 Å². The van der Waals surface area contributed by atoms with Crippen LogP contribution in [0.4, 0.5) is 0 Å². The van der Waals surface area contributed by atoms with Crippen molar-refractivity contribution in [3.8, 4) is 0 Å². The van der Waals surface area contributed by atoms with E-state index < -0.39 is 10.0 Å². The third-order valence-electron chi connectivity index (χ3n) is 3.63. The van der Waals surface area contributed by atoms with Gasteiger partial charge in [-0.3, -0.25) is 0 Å². The highest BCUT2D eigenvalue weighted by atomic mass is 32.2. The molecule has 20 heavy (non-hydrogen) atoms. The van der Waals surface area contributed by atoms with Crippen LogP contribution < -0.4 is 5.32 Å². The Hall–Kier alpha value is -0.850. The lowest BCUT2D eigenvalue weighted by Crippen LogP contribution is -2.31. The number of hydrogen-bond acceptors (Lipinski definition) is 3. The van der Waals surface area contributed by atoms with Crippen LogP contribution in [0, 0.1) is 0 Å². The molecule has 0 aromatic carbocycles. The average molecular weight is 299 g/mol. The van der Waals surface area contributed by atoms with E-state index in [0.29, 0.717) is 30.6 Å². The molecule has 1 aliphatic rings. The highest BCUT2D eigenvalue weighted by molar-refractivity contribution is 7.89. The van der Waals surface area contributed by atoms with Crippen molar-refractivity contribution >= 4 is 10.0 Å². The van der Waals surface area contributed by atoms with Crippen LogP contribution in [0.25, 0.3) is 0 Å². The molecule has 1 saturated carbocycles. The molecule has 1 aromatic rings. The van der Waals surface area contributed by atoms with Crippen LogP contribution >= 0.6 is 0 Å². The number of nitrogens with one attached hydrogen (secondary N) is 2. The third-order valence-corrected chi connectivity index (χ3v) is 5.58. The van der Waals surface area contributed by atoms with Crippen LogP contribution in [0.15, 0.2) is 17.2 Å². The monoisotopic (exact) mass is 299 g/mol. The predicted molar refractivity (Wildman–Crippen MR) is 80.0 cm³/mol. The molecule has 0 aliphatic heterocycles. The van der Waals surface area contributed by atoms with E-state index in [0.717, 1.165) is 18.5 Å². The van der Waals surface area contributed by atoms with Gasteiger partial charge in [0.05, 0.1) is 4.90 Å². The van der Waals surface area contributed by atoms with Gasteiger partial charge < -0.3 is 10.3 Å². The average Bonchev–Trinajstić information content (AvgIpc) is 3.13. The first-order valence-electron chi connectivity index (χ1n) is 7.48. The van der Waals surface area contributed by atoms with Crippen molar-refractivity contribution in [1.29, 1.82) is 0 Å². The number of aromatic nitrogens is 1. The van der Waals surface area contributed by atoms with Gasteiger partial charge in [0.2, 0.25) is 10.0 Å². The first-order chi connectivity index (χ1) is 9.57. The Bertz CT molecular complexity index is 520. The maximum atomic E-state index is 12.5. The van der Waals surface area contributed by atoms with Crippen molar-refractivity contribution in [3.63, 3.8) is 0 Å². The molecule has 1 fully saturated rings. The smallest absolute Gasteiger partial charge is 0.244 e. The zero-order valence-corrected chi connectivity index (χ0v) is 13.2. The Kier molecular flexibility index (Phi) is 5.23. The van der Waals surface area contributed by atoms with Crippen LogP contribution in [0.3, 0.4) is 0 Å². The molecule has 0 unspecified atom stereocenters. The second-order valence-electron chi connectivity index (χ2n) is 5.37. The van der Waals surface area contributed by atoms with Crippen molar-refractivity contribution in [2.45, 2.75) is 57.0 Å². The minimum absolute atomic E-state index is 0.378. The van der Waals surface area contributed by atoms with Gasteiger partial charge in [-0.05, 0) is 25.3 Å². The summed E-state index contributed by atoms with van der Waals surface area (Å²) in [5, 5.41) is 3.38. The fourth-order valence-electron chi connectivity index (χ4n) is 2.14. The van der Waals surface area contributed by atoms with Crippen molar-refractivity contribution < 1.29 is 8.42 Å². The molecule has 0 atom stereocenters. The molecule has 0 radical (unpaired) electrons. The number of rotatable bonds is 9. The molecular formula is C14H25N3O2S. The lowest BCUT2D eigenvalue weighted by molar-refractivity contribution is 0.419. The summed E-state index contributed by atoms with van der Waals surface area (Å²) in [5.74, 6) is 0. The van der Waals surface area contributed by atoms with Crippen molar-refractivity contribution in [2.24, 2.45) is 0 Å². The minimum atomic E-state index is -3.35. The maximum Gasteiger partial charge on any atom is 0.244 e. The highest BCUT2D eigenvalue weighted by Gasteiger charge is 2.24. The van der Waals surface area contributed by atoms with Crippen LogP contribution in [0.1, 0.15) is 45.2 Å². The first kappa shape index (κ1) is 15.5. The van der Waals surface area contributed by atoms with E-state index in [-0.39, 0.29) is 0 Å². The Morgan fingerprint density at radius 3 is 2.75 bits per heavy atom. The second-order valence-corrected chi connectivity index (χ2v) is 7.30. The van der Waals surface area contributed by atoms with E-state index in [1.807, 2.05) is 6.92 Å². The third kappa shape index (κ3) is 3.84. The fourth-order valence-corrected chi connectivity index (χ4v) is 3.65. The molecule has 0 saturated heterocycles. The number of aromatic amines is 1. The maximum absolute atomic E-state index is 12.5. The Morgan fingerprint density at radius 1 is 1.40 bits per heavy atom. The summed E-state index contributed by atoms with van der Waals surface area (Å²) in [7, 11) is -3.35. The first-order valence-corrected chi connectivity index (χ1v) is 8.92. The molecule has 1 heterocycles. The molecule has 1 aromatic heterocycles. The number of nitrogens with zero attached hydrogens (tertiary/aromatic N) is 1. The largest absolute Gasteiger partial charge is 0.363 e. The summed E-state index contributed by atoms with van der Waals surface area (Å²) in [6.07, 6.45) is 5.95. The molecule has 2 N–H and O–H groups in total. The summed E-state index contributed by atoms with van der Waals surface area (Å²) in [6, 6.07) is 2.37. The summed E-state index contributed by atoms with van der Waals surface area (Å²) in [6.45, 7) is 5.77. The fraction of sp³-hybridized carbons (Fsp3) is 0.714. The van der Waals surface area contributed by atoms with Crippen LogP contribution in [-0.4, -0.2) is 36.8 Å². The van der Waals surface area contributed by atoms with E-state index in [9.17, 15) is 8.42 Å². The van der Waals surface area contributed by atoms with Crippen molar-refractivity contribution in [3.05, 3.63) is 18.0 Å².